The zero-order valence-corrected chi connectivity index (χ0v) is 12.8. The van der Waals surface area contributed by atoms with E-state index in [9.17, 15) is 0 Å². The van der Waals surface area contributed by atoms with Crippen LogP contribution in [-0.4, -0.2) is 19.0 Å². The highest BCUT2D eigenvalue weighted by Gasteiger charge is 2.30. The van der Waals surface area contributed by atoms with Gasteiger partial charge in [-0.25, -0.2) is 0 Å². The molecule has 0 radical (unpaired) electrons. The fourth-order valence-corrected chi connectivity index (χ4v) is 2.80. The van der Waals surface area contributed by atoms with Gasteiger partial charge >= 0.3 is 0 Å². The molecule has 0 saturated carbocycles. The second-order valence-electron chi connectivity index (χ2n) is 5.86. The zero-order chi connectivity index (χ0) is 15.6. The summed E-state index contributed by atoms with van der Waals surface area (Å²) < 4.78 is 5.56. The van der Waals surface area contributed by atoms with E-state index in [0.717, 1.165) is 22.3 Å². The van der Waals surface area contributed by atoms with Gasteiger partial charge in [0.1, 0.15) is 18.0 Å². The number of nitrogens with zero attached hydrogens (tertiary/aromatic N) is 1. The summed E-state index contributed by atoms with van der Waals surface area (Å²) >= 11 is 0. The van der Waals surface area contributed by atoms with Crippen molar-refractivity contribution in [3.63, 3.8) is 0 Å². The average Bonchev–Trinajstić information content (AvgIpc) is 2.55. The minimum atomic E-state index is -0.427. The Balaban J connectivity index is 2.01. The normalized spacial score (nSPS) is 21.5. The fourth-order valence-electron chi connectivity index (χ4n) is 2.80. The van der Waals surface area contributed by atoms with E-state index in [0.29, 0.717) is 25.6 Å². The van der Waals surface area contributed by atoms with Crippen LogP contribution < -0.4 is 11.5 Å². The van der Waals surface area contributed by atoms with Crippen molar-refractivity contribution >= 4 is 5.84 Å². The molecule has 114 valence electrons. The van der Waals surface area contributed by atoms with Crippen LogP contribution in [0.2, 0.25) is 0 Å². The van der Waals surface area contributed by atoms with Crippen molar-refractivity contribution in [1.82, 2.24) is 0 Å². The van der Waals surface area contributed by atoms with Crippen LogP contribution in [0.5, 0.6) is 0 Å². The zero-order valence-electron chi connectivity index (χ0n) is 12.8. The summed E-state index contributed by atoms with van der Waals surface area (Å²) in [5, 5.41) is 0. The van der Waals surface area contributed by atoms with Gasteiger partial charge in [-0.1, -0.05) is 36.4 Å². The van der Waals surface area contributed by atoms with Gasteiger partial charge in [0, 0.05) is 6.54 Å². The first-order chi connectivity index (χ1) is 10.6. The van der Waals surface area contributed by atoms with Crippen LogP contribution >= 0.6 is 0 Å². The first-order valence-electron chi connectivity index (χ1n) is 7.42. The quantitative estimate of drug-likeness (QED) is 0.913. The topological polar surface area (TPSA) is 73.6 Å². The average molecular weight is 295 g/mol. The van der Waals surface area contributed by atoms with E-state index in [1.165, 1.54) is 0 Å². The van der Waals surface area contributed by atoms with Gasteiger partial charge in [-0.15, -0.1) is 0 Å². The molecular formula is C18H21N3O. The summed E-state index contributed by atoms with van der Waals surface area (Å²) in [5.41, 5.74) is 15.7. The summed E-state index contributed by atoms with van der Waals surface area (Å²) in [4.78, 5) is 4.60. The smallest absolute Gasteiger partial charge is 0.121 e. The Morgan fingerprint density at radius 1 is 1.14 bits per heavy atom. The molecule has 0 amide bonds. The molecule has 1 aliphatic rings. The Labute approximate surface area is 130 Å². The van der Waals surface area contributed by atoms with Gasteiger partial charge in [-0.3, -0.25) is 4.99 Å². The SMILES string of the molecule is CC1(c2cccc(-c3cccc(CN)c3)c2)COCC(N)=N1. The molecule has 2 aromatic rings. The van der Waals surface area contributed by atoms with E-state index < -0.39 is 5.54 Å². The Bertz CT molecular complexity index is 711. The van der Waals surface area contributed by atoms with Crippen LogP contribution in [-0.2, 0) is 16.8 Å². The molecule has 1 heterocycles. The maximum absolute atomic E-state index is 5.85. The van der Waals surface area contributed by atoms with Crippen molar-refractivity contribution in [2.45, 2.75) is 19.0 Å². The van der Waals surface area contributed by atoms with Gasteiger partial charge < -0.3 is 16.2 Å². The molecule has 0 aliphatic carbocycles. The van der Waals surface area contributed by atoms with E-state index in [-0.39, 0.29) is 0 Å². The van der Waals surface area contributed by atoms with E-state index in [2.05, 4.69) is 42.2 Å². The van der Waals surface area contributed by atoms with Crippen molar-refractivity contribution in [3.8, 4) is 11.1 Å². The minimum absolute atomic E-state index is 0.411. The van der Waals surface area contributed by atoms with Gasteiger partial charge in [-0.2, -0.15) is 0 Å². The van der Waals surface area contributed by atoms with Crippen LogP contribution in [0.3, 0.4) is 0 Å². The summed E-state index contributed by atoms with van der Waals surface area (Å²) in [6, 6.07) is 16.7. The Morgan fingerprint density at radius 2 is 1.86 bits per heavy atom. The maximum atomic E-state index is 5.85. The second kappa shape index (κ2) is 5.91. The van der Waals surface area contributed by atoms with Crippen LogP contribution in [0, 0.1) is 0 Å². The number of nitrogens with two attached hydrogens (primary N) is 2. The third-order valence-corrected chi connectivity index (χ3v) is 4.00. The van der Waals surface area contributed by atoms with Crippen LogP contribution in [0.15, 0.2) is 53.5 Å². The lowest BCUT2D eigenvalue weighted by Gasteiger charge is -2.30. The molecule has 4 N–H and O–H groups in total. The maximum Gasteiger partial charge on any atom is 0.121 e. The molecule has 1 aliphatic heterocycles. The van der Waals surface area contributed by atoms with E-state index in [1.54, 1.807) is 0 Å². The molecule has 0 bridgehead atoms. The highest BCUT2D eigenvalue weighted by molar-refractivity contribution is 5.82. The highest BCUT2D eigenvalue weighted by Crippen LogP contribution is 2.31. The summed E-state index contributed by atoms with van der Waals surface area (Å²) in [7, 11) is 0. The van der Waals surface area contributed by atoms with E-state index in [1.807, 2.05) is 18.2 Å². The lowest BCUT2D eigenvalue weighted by molar-refractivity contribution is 0.106. The van der Waals surface area contributed by atoms with Crippen LogP contribution in [0.25, 0.3) is 11.1 Å². The lowest BCUT2D eigenvalue weighted by Crippen LogP contribution is -2.37. The predicted octanol–water partition coefficient (Wildman–Crippen LogP) is 2.41. The Morgan fingerprint density at radius 3 is 2.59 bits per heavy atom. The number of hydrogen-bond donors (Lipinski definition) is 2. The molecular weight excluding hydrogens is 274 g/mol. The molecule has 4 nitrogen and oxygen atoms in total. The number of amidine groups is 1. The van der Waals surface area contributed by atoms with Gasteiger partial charge in [0.25, 0.3) is 0 Å². The Hall–Kier alpha value is -2.17. The minimum Gasteiger partial charge on any atom is -0.386 e. The molecule has 0 fully saturated rings. The molecule has 4 heteroatoms. The molecule has 22 heavy (non-hydrogen) atoms. The molecule has 1 unspecified atom stereocenters. The van der Waals surface area contributed by atoms with Crippen LogP contribution in [0.1, 0.15) is 18.1 Å². The molecule has 3 rings (SSSR count). The summed E-state index contributed by atoms with van der Waals surface area (Å²) in [6.45, 7) is 3.54. The molecule has 2 aromatic carbocycles. The van der Waals surface area contributed by atoms with Crippen molar-refractivity contribution in [1.29, 1.82) is 0 Å². The van der Waals surface area contributed by atoms with Gasteiger partial charge in [0.2, 0.25) is 0 Å². The molecule has 1 atom stereocenters. The molecule has 0 aromatic heterocycles. The highest BCUT2D eigenvalue weighted by atomic mass is 16.5. The number of rotatable bonds is 3. The standard InChI is InChI=1S/C18H21N3O/c1-18(12-22-11-17(20)21-18)16-7-3-6-15(9-16)14-5-2-4-13(8-14)10-19/h2-9H,10-12,19H2,1H3,(H2,20,21). The number of benzene rings is 2. The van der Waals surface area contributed by atoms with Crippen molar-refractivity contribution in [2.24, 2.45) is 16.5 Å². The summed E-state index contributed by atoms with van der Waals surface area (Å²) in [6.07, 6.45) is 0. The molecule has 0 saturated heterocycles. The monoisotopic (exact) mass is 295 g/mol. The number of aliphatic imine (C=N–C) groups is 1. The first kappa shape index (κ1) is 14.8. The van der Waals surface area contributed by atoms with Crippen molar-refractivity contribution in [2.75, 3.05) is 13.2 Å². The van der Waals surface area contributed by atoms with Gasteiger partial charge in [0.15, 0.2) is 0 Å². The predicted molar refractivity (Wildman–Crippen MR) is 89.6 cm³/mol. The van der Waals surface area contributed by atoms with Crippen LogP contribution in [0.4, 0.5) is 0 Å². The first-order valence-corrected chi connectivity index (χ1v) is 7.42. The molecule has 0 spiro atoms. The van der Waals surface area contributed by atoms with E-state index in [4.69, 9.17) is 16.2 Å². The van der Waals surface area contributed by atoms with Gasteiger partial charge in [-0.05, 0) is 41.3 Å². The largest absolute Gasteiger partial charge is 0.386 e. The fraction of sp³-hybridized carbons (Fsp3) is 0.278. The number of ether oxygens (including phenoxy) is 1. The number of hydrogen-bond acceptors (Lipinski definition) is 4. The van der Waals surface area contributed by atoms with Crippen molar-refractivity contribution in [3.05, 3.63) is 59.7 Å². The third-order valence-electron chi connectivity index (χ3n) is 4.00. The second-order valence-corrected chi connectivity index (χ2v) is 5.86. The summed E-state index contributed by atoms with van der Waals surface area (Å²) in [5.74, 6) is 0.546. The lowest BCUT2D eigenvalue weighted by atomic mass is 9.90. The van der Waals surface area contributed by atoms with Crippen molar-refractivity contribution < 1.29 is 4.74 Å². The van der Waals surface area contributed by atoms with Gasteiger partial charge in [0.05, 0.1) is 6.61 Å². The Kier molecular flexibility index (Phi) is 3.96. The van der Waals surface area contributed by atoms with E-state index >= 15 is 0 Å². The third kappa shape index (κ3) is 2.89.